The Kier molecular flexibility index (Phi) is 6.24. The third-order valence-corrected chi connectivity index (χ3v) is 2.79. The van der Waals surface area contributed by atoms with Crippen molar-refractivity contribution >= 4 is 11.7 Å². The Balaban J connectivity index is 3.01. The molecular weight excluding hydrogens is 244 g/mol. The SMILES string of the molecule is CCCN(CCO)C(=O)c1cc(CC)nc(NN)c1. The molecule has 106 valence electrons. The largest absolute Gasteiger partial charge is 0.395 e. The van der Waals surface area contributed by atoms with Gasteiger partial charge >= 0.3 is 0 Å². The Labute approximate surface area is 113 Å². The van der Waals surface area contributed by atoms with E-state index in [4.69, 9.17) is 10.9 Å². The van der Waals surface area contributed by atoms with Crippen LogP contribution in [0.1, 0.15) is 36.3 Å². The van der Waals surface area contributed by atoms with Gasteiger partial charge in [-0.25, -0.2) is 10.8 Å². The van der Waals surface area contributed by atoms with Gasteiger partial charge < -0.3 is 15.4 Å². The van der Waals surface area contributed by atoms with Crippen LogP contribution < -0.4 is 11.3 Å². The van der Waals surface area contributed by atoms with E-state index < -0.39 is 0 Å². The number of hydrazine groups is 1. The van der Waals surface area contributed by atoms with E-state index in [1.54, 1.807) is 17.0 Å². The molecule has 0 aromatic carbocycles. The summed E-state index contributed by atoms with van der Waals surface area (Å²) in [5, 5.41) is 9.02. The zero-order valence-corrected chi connectivity index (χ0v) is 11.5. The van der Waals surface area contributed by atoms with E-state index in [2.05, 4.69) is 10.4 Å². The van der Waals surface area contributed by atoms with E-state index in [-0.39, 0.29) is 12.5 Å². The van der Waals surface area contributed by atoms with Crippen LogP contribution in [-0.2, 0) is 6.42 Å². The minimum Gasteiger partial charge on any atom is -0.395 e. The fourth-order valence-electron chi connectivity index (χ4n) is 1.85. The molecule has 0 saturated carbocycles. The second-order valence-corrected chi connectivity index (χ2v) is 4.25. The van der Waals surface area contributed by atoms with Gasteiger partial charge in [-0.3, -0.25) is 4.79 Å². The van der Waals surface area contributed by atoms with Crippen LogP contribution in [0.5, 0.6) is 0 Å². The topological polar surface area (TPSA) is 91.5 Å². The number of hydrogen-bond donors (Lipinski definition) is 3. The van der Waals surface area contributed by atoms with E-state index >= 15 is 0 Å². The summed E-state index contributed by atoms with van der Waals surface area (Å²) in [4.78, 5) is 18.3. The van der Waals surface area contributed by atoms with Gasteiger partial charge in [-0.05, 0) is 25.0 Å². The molecule has 0 bridgehead atoms. The molecule has 0 saturated heterocycles. The number of aryl methyl sites for hydroxylation is 1. The number of carbonyl (C=O) groups excluding carboxylic acids is 1. The second kappa shape index (κ2) is 7.70. The Morgan fingerprint density at radius 3 is 2.68 bits per heavy atom. The standard InChI is InChI=1S/C13H22N4O2/c1-3-5-17(6-7-18)13(19)10-8-11(4-2)15-12(9-10)16-14/h8-9,18H,3-7,14H2,1-2H3,(H,15,16). The highest BCUT2D eigenvalue weighted by Gasteiger charge is 2.16. The monoisotopic (exact) mass is 266 g/mol. The number of hydrogen-bond acceptors (Lipinski definition) is 5. The maximum absolute atomic E-state index is 12.4. The maximum atomic E-state index is 12.4. The van der Waals surface area contributed by atoms with Crippen molar-refractivity contribution in [3.05, 3.63) is 23.4 Å². The number of nitrogen functional groups attached to an aromatic ring is 1. The average molecular weight is 266 g/mol. The van der Waals surface area contributed by atoms with Gasteiger partial charge in [-0.2, -0.15) is 0 Å². The first kappa shape index (κ1) is 15.4. The van der Waals surface area contributed by atoms with Crippen molar-refractivity contribution in [2.75, 3.05) is 25.1 Å². The quantitative estimate of drug-likeness (QED) is 0.501. The smallest absolute Gasteiger partial charge is 0.254 e. The predicted octanol–water partition coefficient (Wildman–Crippen LogP) is 0.774. The summed E-state index contributed by atoms with van der Waals surface area (Å²) in [5.41, 5.74) is 3.82. The lowest BCUT2D eigenvalue weighted by atomic mass is 10.1. The van der Waals surface area contributed by atoms with E-state index in [1.807, 2.05) is 13.8 Å². The molecule has 6 heteroatoms. The van der Waals surface area contributed by atoms with Crippen LogP contribution in [0.25, 0.3) is 0 Å². The van der Waals surface area contributed by atoms with Crippen LogP contribution >= 0.6 is 0 Å². The van der Waals surface area contributed by atoms with Crippen molar-refractivity contribution in [1.82, 2.24) is 9.88 Å². The molecule has 19 heavy (non-hydrogen) atoms. The van der Waals surface area contributed by atoms with Crippen LogP contribution in [0, 0.1) is 0 Å². The number of aliphatic hydroxyl groups is 1. The molecule has 0 radical (unpaired) electrons. The first-order chi connectivity index (χ1) is 9.15. The summed E-state index contributed by atoms with van der Waals surface area (Å²) < 4.78 is 0. The predicted molar refractivity (Wildman–Crippen MR) is 74.7 cm³/mol. The Morgan fingerprint density at radius 2 is 2.16 bits per heavy atom. The highest BCUT2D eigenvalue weighted by Crippen LogP contribution is 2.13. The van der Waals surface area contributed by atoms with Crippen molar-refractivity contribution in [3.63, 3.8) is 0 Å². The fraction of sp³-hybridized carbons (Fsp3) is 0.538. The molecule has 0 aliphatic heterocycles. The molecule has 4 N–H and O–H groups in total. The molecule has 0 fully saturated rings. The molecule has 1 rings (SSSR count). The van der Waals surface area contributed by atoms with Gasteiger partial charge in [0, 0.05) is 24.3 Å². The second-order valence-electron chi connectivity index (χ2n) is 4.25. The summed E-state index contributed by atoms with van der Waals surface area (Å²) in [6, 6.07) is 3.39. The van der Waals surface area contributed by atoms with E-state index in [0.29, 0.717) is 24.5 Å². The van der Waals surface area contributed by atoms with Crippen LogP contribution in [0.3, 0.4) is 0 Å². The van der Waals surface area contributed by atoms with Gasteiger partial charge in [0.15, 0.2) is 0 Å². The molecular formula is C13H22N4O2. The number of nitrogens with one attached hydrogen (secondary N) is 1. The van der Waals surface area contributed by atoms with Crippen LogP contribution in [0.2, 0.25) is 0 Å². The van der Waals surface area contributed by atoms with Crippen LogP contribution in [0.15, 0.2) is 12.1 Å². The molecule has 1 aromatic rings. The summed E-state index contributed by atoms with van der Waals surface area (Å²) >= 11 is 0. The number of amides is 1. The number of carbonyl (C=O) groups is 1. The van der Waals surface area contributed by atoms with Gasteiger partial charge in [0.05, 0.1) is 6.61 Å². The fourth-order valence-corrected chi connectivity index (χ4v) is 1.85. The highest BCUT2D eigenvalue weighted by molar-refractivity contribution is 5.95. The summed E-state index contributed by atoms with van der Waals surface area (Å²) in [6.07, 6.45) is 1.57. The van der Waals surface area contributed by atoms with Gasteiger partial charge in [0.2, 0.25) is 0 Å². The van der Waals surface area contributed by atoms with Crippen molar-refractivity contribution < 1.29 is 9.90 Å². The van der Waals surface area contributed by atoms with Gasteiger partial charge in [0.1, 0.15) is 5.82 Å². The van der Waals surface area contributed by atoms with Crippen molar-refractivity contribution in [2.45, 2.75) is 26.7 Å². The Morgan fingerprint density at radius 1 is 1.42 bits per heavy atom. The third kappa shape index (κ3) is 4.18. The van der Waals surface area contributed by atoms with Crippen LogP contribution in [-0.4, -0.2) is 40.6 Å². The number of aliphatic hydroxyl groups excluding tert-OH is 1. The summed E-state index contributed by atoms with van der Waals surface area (Å²) in [7, 11) is 0. The zero-order chi connectivity index (χ0) is 14.3. The lowest BCUT2D eigenvalue weighted by Crippen LogP contribution is -2.34. The first-order valence-corrected chi connectivity index (χ1v) is 6.53. The molecule has 1 heterocycles. The zero-order valence-electron chi connectivity index (χ0n) is 11.5. The van der Waals surface area contributed by atoms with Crippen molar-refractivity contribution in [2.24, 2.45) is 5.84 Å². The summed E-state index contributed by atoms with van der Waals surface area (Å²) in [6.45, 7) is 4.87. The van der Waals surface area contributed by atoms with Crippen LogP contribution in [0.4, 0.5) is 5.82 Å². The molecule has 0 aliphatic carbocycles. The van der Waals surface area contributed by atoms with E-state index in [0.717, 1.165) is 18.5 Å². The Hall–Kier alpha value is -1.66. The number of nitrogens with zero attached hydrogens (tertiary/aromatic N) is 2. The molecule has 1 amide bonds. The lowest BCUT2D eigenvalue weighted by Gasteiger charge is -2.21. The van der Waals surface area contributed by atoms with Crippen molar-refractivity contribution in [3.8, 4) is 0 Å². The number of aromatic nitrogens is 1. The highest BCUT2D eigenvalue weighted by atomic mass is 16.3. The third-order valence-electron chi connectivity index (χ3n) is 2.79. The van der Waals surface area contributed by atoms with E-state index in [9.17, 15) is 4.79 Å². The average Bonchev–Trinajstić information content (AvgIpc) is 2.45. The minimum atomic E-state index is -0.107. The molecule has 0 unspecified atom stereocenters. The van der Waals surface area contributed by atoms with Gasteiger partial charge in [-0.1, -0.05) is 13.8 Å². The first-order valence-electron chi connectivity index (χ1n) is 6.53. The van der Waals surface area contributed by atoms with Crippen molar-refractivity contribution in [1.29, 1.82) is 0 Å². The number of rotatable bonds is 7. The number of pyridine rings is 1. The number of nitrogens with two attached hydrogens (primary N) is 1. The number of anilines is 1. The normalized spacial score (nSPS) is 10.3. The summed E-state index contributed by atoms with van der Waals surface area (Å²) in [5.74, 6) is 5.73. The molecule has 6 nitrogen and oxygen atoms in total. The Bertz CT molecular complexity index is 395. The molecule has 1 aromatic heterocycles. The van der Waals surface area contributed by atoms with Gasteiger partial charge in [-0.15, -0.1) is 0 Å². The van der Waals surface area contributed by atoms with E-state index in [1.165, 1.54) is 0 Å². The minimum absolute atomic E-state index is 0.0422. The van der Waals surface area contributed by atoms with Gasteiger partial charge in [0.25, 0.3) is 5.91 Å². The maximum Gasteiger partial charge on any atom is 0.254 e. The molecule has 0 spiro atoms. The molecule has 0 aliphatic rings. The molecule has 0 atom stereocenters. The lowest BCUT2D eigenvalue weighted by molar-refractivity contribution is 0.0722.